The molecule has 118 valence electrons. The van der Waals surface area contributed by atoms with E-state index in [1.807, 2.05) is 24.3 Å². The van der Waals surface area contributed by atoms with Crippen LogP contribution in [0.1, 0.15) is 36.8 Å². The largest absolute Gasteiger partial charge is 0.391 e. The molecule has 0 saturated heterocycles. The molecule has 0 amide bonds. The minimum absolute atomic E-state index is 0.0379. The quantitative estimate of drug-likeness (QED) is 0.886. The Morgan fingerprint density at radius 2 is 1.81 bits per heavy atom. The first kappa shape index (κ1) is 16.3. The molecule has 1 fully saturated rings. The van der Waals surface area contributed by atoms with E-state index in [0.29, 0.717) is 19.6 Å². The van der Waals surface area contributed by atoms with Crippen LogP contribution in [-0.2, 0) is 17.9 Å². The lowest BCUT2D eigenvalue weighted by molar-refractivity contribution is -0.183. The highest BCUT2D eigenvalue weighted by Crippen LogP contribution is 2.37. The zero-order chi connectivity index (χ0) is 15.3. The molecule has 1 aliphatic carbocycles. The molecule has 1 aromatic carbocycles. The maximum absolute atomic E-state index is 12.8. The lowest BCUT2D eigenvalue weighted by atomic mass is 9.85. The number of alkyl halides is 3. The second-order valence-corrected chi connectivity index (χ2v) is 5.73. The Kier molecular flexibility index (Phi) is 5.65. The molecule has 0 spiro atoms. The van der Waals surface area contributed by atoms with E-state index in [0.717, 1.165) is 17.5 Å². The molecule has 0 aliphatic heterocycles. The molecule has 1 aromatic rings. The number of halogens is 3. The van der Waals surface area contributed by atoms with Crippen molar-refractivity contribution in [3.05, 3.63) is 35.4 Å². The lowest BCUT2D eigenvalue weighted by Gasteiger charge is -2.31. The van der Waals surface area contributed by atoms with Gasteiger partial charge in [0.1, 0.15) is 0 Å². The van der Waals surface area contributed by atoms with Crippen LogP contribution in [0.3, 0.4) is 0 Å². The lowest BCUT2D eigenvalue weighted by Crippen LogP contribution is -2.38. The summed E-state index contributed by atoms with van der Waals surface area (Å²) in [4.78, 5) is 0. The van der Waals surface area contributed by atoms with Gasteiger partial charge in [-0.05, 0) is 30.4 Å². The Balaban J connectivity index is 1.82. The van der Waals surface area contributed by atoms with Gasteiger partial charge in [0.2, 0.25) is 0 Å². The molecule has 2 atom stereocenters. The van der Waals surface area contributed by atoms with E-state index in [9.17, 15) is 13.2 Å². The number of ether oxygens (including phenoxy) is 1. The standard InChI is InChI=1S/C16H22F3NO/c1-21-11-13-7-5-12(6-8-13)10-20-15-4-2-3-14(9-15)16(17,18)19/h5-8,14-15,20H,2-4,9-11H2,1H3. The van der Waals surface area contributed by atoms with E-state index in [-0.39, 0.29) is 18.9 Å². The van der Waals surface area contributed by atoms with Gasteiger partial charge in [0.25, 0.3) is 0 Å². The first-order valence-corrected chi connectivity index (χ1v) is 7.36. The van der Waals surface area contributed by atoms with Crippen LogP contribution in [0, 0.1) is 5.92 Å². The van der Waals surface area contributed by atoms with Crippen molar-refractivity contribution in [3.8, 4) is 0 Å². The maximum atomic E-state index is 12.8. The number of nitrogens with one attached hydrogen (secondary N) is 1. The second-order valence-electron chi connectivity index (χ2n) is 5.73. The van der Waals surface area contributed by atoms with Crippen LogP contribution < -0.4 is 5.32 Å². The van der Waals surface area contributed by atoms with E-state index in [1.165, 1.54) is 0 Å². The minimum Gasteiger partial charge on any atom is -0.380 e. The van der Waals surface area contributed by atoms with Gasteiger partial charge in [0.05, 0.1) is 12.5 Å². The third-order valence-electron chi connectivity index (χ3n) is 4.07. The summed E-state index contributed by atoms with van der Waals surface area (Å²) in [6.45, 7) is 1.19. The molecule has 2 unspecified atom stereocenters. The summed E-state index contributed by atoms with van der Waals surface area (Å²) >= 11 is 0. The van der Waals surface area contributed by atoms with Gasteiger partial charge in [0, 0.05) is 19.7 Å². The molecular formula is C16H22F3NO. The molecule has 5 heteroatoms. The zero-order valence-corrected chi connectivity index (χ0v) is 12.2. The van der Waals surface area contributed by atoms with Crippen LogP contribution in [0.25, 0.3) is 0 Å². The fraction of sp³-hybridized carbons (Fsp3) is 0.625. The highest BCUT2D eigenvalue weighted by molar-refractivity contribution is 5.22. The maximum Gasteiger partial charge on any atom is 0.391 e. The van der Waals surface area contributed by atoms with Gasteiger partial charge in [-0.1, -0.05) is 30.7 Å². The van der Waals surface area contributed by atoms with Crippen molar-refractivity contribution in [2.45, 2.75) is 51.1 Å². The predicted octanol–water partition coefficient (Wildman–Crippen LogP) is 4.04. The van der Waals surface area contributed by atoms with Crippen molar-refractivity contribution in [1.29, 1.82) is 0 Å². The second kappa shape index (κ2) is 7.27. The van der Waals surface area contributed by atoms with Crippen molar-refractivity contribution in [2.24, 2.45) is 5.92 Å². The Morgan fingerprint density at radius 3 is 2.43 bits per heavy atom. The highest BCUT2D eigenvalue weighted by atomic mass is 19.4. The number of methoxy groups -OCH3 is 1. The molecule has 1 aliphatic rings. The fourth-order valence-electron chi connectivity index (χ4n) is 2.85. The van der Waals surface area contributed by atoms with Gasteiger partial charge in [-0.25, -0.2) is 0 Å². The Morgan fingerprint density at radius 1 is 1.14 bits per heavy atom. The van der Waals surface area contributed by atoms with Crippen LogP contribution in [0.15, 0.2) is 24.3 Å². The van der Waals surface area contributed by atoms with Crippen LogP contribution in [0.5, 0.6) is 0 Å². The van der Waals surface area contributed by atoms with Crippen molar-refractivity contribution in [2.75, 3.05) is 7.11 Å². The first-order chi connectivity index (χ1) is 9.99. The van der Waals surface area contributed by atoms with Gasteiger partial charge in [-0.3, -0.25) is 0 Å². The SMILES string of the molecule is COCc1ccc(CNC2CCCC(C(F)(F)F)C2)cc1. The van der Waals surface area contributed by atoms with E-state index < -0.39 is 12.1 Å². The molecule has 0 bridgehead atoms. The average Bonchev–Trinajstić information content (AvgIpc) is 2.46. The van der Waals surface area contributed by atoms with Crippen LogP contribution in [0.4, 0.5) is 13.2 Å². The molecule has 2 nitrogen and oxygen atoms in total. The van der Waals surface area contributed by atoms with Gasteiger partial charge < -0.3 is 10.1 Å². The molecule has 0 radical (unpaired) electrons. The molecule has 1 N–H and O–H groups in total. The van der Waals surface area contributed by atoms with Crippen molar-refractivity contribution in [1.82, 2.24) is 5.32 Å². The Bertz CT molecular complexity index is 430. The Labute approximate surface area is 123 Å². The summed E-state index contributed by atoms with van der Waals surface area (Å²) in [5.74, 6) is -1.15. The van der Waals surface area contributed by atoms with Crippen molar-refractivity contribution in [3.63, 3.8) is 0 Å². The average molecular weight is 301 g/mol. The molecule has 0 heterocycles. The van der Waals surface area contributed by atoms with E-state index in [4.69, 9.17) is 4.74 Å². The van der Waals surface area contributed by atoms with Crippen LogP contribution in [-0.4, -0.2) is 19.3 Å². The minimum atomic E-state index is -4.05. The number of rotatable bonds is 5. The molecular weight excluding hydrogens is 279 g/mol. The summed E-state index contributed by atoms with van der Waals surface area (Å²) in [5.41, 5.74) is 2.18. The van der Waals surface area contributed by atoms with Gasteiger partial charge in [-0.15, -0.1) is 0 Å². The van der Waals surface area contributed by atoms with Gasteiger partial charge in [0.15, 0.2) is 0 Å². The number of hydrogen-bond donors (Lipinski definition) is 1. The molecule has 1 saturated carbocycles. The van der Waals surface area contributed by atoms with Crippen molar-refractivity contribution < 1.29 is 17.9 Å². The highest BCUT2D eigenvalue weighted by Gasteiger charge is 2.41. The smallest absolute Gasteiger partial charge is 0.380 e. The third-order valence-corrected chi connectivity index (χ3v) is 4.07. The number of benzene rings is 1. The monoisotopic (exact) mass is 301 g/mol. The van der Waals surface area contributed by atoms with Gasteiger partial charge in [-0.2, -0.15) is 13.2 Å². The third kappa shape index (κ3) is 5.00. The van der Waals surface area contributed by atoms with E-state index in [2.05, 4.69) is 5.32 Å². The Hall–Kier alpha value is -1.07. The van der Waals surface area contributed by atoms with E-state index in [1.54, 1.807) is 7.11 Å². The van der Waals surface area contributed by atoms with Crippen LogP contribution >= 0.6 is 0 Å². The van der Waals surface area contributed by atoms with Crippen LogP contribution in [0.2, 0.25) is 0 Å². The van der Waals surface area contributed by atoms with Crippen molar-refractivity contribution >= 4 is 0 Å². The number of hydrogen-bond acceptors (Lipinski definition) is 2. The zero-order valence-electron chi connectivity index (χ0n) is 12.2. The van der Waals surface area contributed by atoms with E-state index >= 15 is 0 Å². The summed E-state index contributed by atoms with van der Waals surface area (Å²) in [6, 6.07) is 7.92. The fourth-order valence-corrected chi connectivity index (χ4v) is 2.85. The normalized spacial score (nSPS) is 23.2. The summed E-state index contributed by atoms with van der Waals surface area (Å²) in [6.07, 6.45) is -2.11. The molecule has 2 rings (SSSR count). The predicted molar refractivity (Wildman–Crippen MR) is 75.8 cm³/mol. The molecule has 21 heavy (non-hydrogen) atoms. The first-order valence-electron chi connectivity index (χ1n) is 7.36. The summed E-state index contributed by atoms with van der Waals surface area (Å²) in [7, 11) is 1.65. The topological polar surface area (TPSA) is 21.3 Å². The summed E-state index contributed by atoms with van der Waals surface area (Å²) < 4.78 is 43.3. The van der Waals surface area contributed by atoms with Gasteiger partial charge >= 0.3 is 6.18 Å². The molecule has 0 aromatic heterocycles. The summed E-state index contributed by atoms with van der Waals surface area (Å²) in [5, 5.41) is 3.26.